The molecule has 0 atom stereocenters. The molecule has 7 heteroatoms. The SMILES string of the molecule is C=CCOc1ccc(/C=C(\C#N)C(=O)Nc2ccc(C(=O)OCC)cc2)cc1Cl. The molecule has 2 rings (SSSR count). The van der Waals surface area contributed by atoms with Crippen LogP contribution in [-0.4, -0.2) is 25.1 Å². The fourth-order valence-electron chi connectivity index (χ4n) is 2.29. The lowest BCUT2D eigenvalue weighted by Crippen LogP contribution is -2.13. The van der Waals surface area contributed by atoms with Crippen LogP contribution in [0.4, 0.5) is 5.69 Å². The number of hydrogen-bond donors (Lipinski definition) is 1. The zero-order chi connectivity index (χ0) is 21.2. The maximum atomic E-state index is 12.4. The highest BCUT2D eigenvalue weighted by Crippen LogP contribution is 2.26. The molecule has 2 aromatic carbocycles. The van der Waals surface area contributed by atoms with Gasteiger partial charge < -0.3 is 14.8 Å². The zero-order valence-electron chi connectivity index (χ0n) is 15.8. The molecule has 0 aliphatic heterocycles. The number of nitrogens with one attached hydrogen (secondary N) is 1. The quantitative estimate of drug-likeness (QED) is 0.296. The number of nitriles is 1. The third-order valence-electron chi connectivity index (χ3n) is 3.64. The fraction of sp³-hybridized carbons (Fsp3) is 0.136. The predicted octanol–water partition coefficient (Wildman–Crippen LogP) is 4.63. The van der Waals surface area contributed by atoms with Crippen LogP contribution in [0.15, 0.2) is 60.7 Å². The van der Waals surface area contributed by atoms with Crippen molar-refractivity contribution in [1.29, 1.82) is 5.26 Å². The van der Waals surface area contributed by atoms with Gasteiger partial charge in [-0.25, -0.2) is 4.79 Å². The van der Waals surface area contributed by atoms with Gasteiger partial charge in [0.2, 0.25) is 0 Å². The molecule has 0 unspecified atom stereocenters. The van der Waals surface area contributed by atoms with E-state index in [0.717, 1.165) is 0 Å². The van der Waals surface area contributed by atoms with Gasteiger partial charge in [0.1, 0.15) is 24.0 Å². The normalized spacial score (nSPS) is 10.6. The van der Waals surface area contributed by atoms with Crippen LogP contribution in [0.5, 0.6) is 5.75 Å². The van der Waals surface area contributed by atoms with Crippen molar-refractivity contribution < 1.29 is 19.1 Å². The molecule has 0 aromatic heterocycles. The molecule has 29 heavy (non-hydrogen) atoms. The van der Waals surface area contributed by atoms with E-state index in [1.54, 1.807) is 43.3 Å². The maximum Gasteiger partial charge on any atom is 0.338 e. The van der Waals surface area contributed by atoms with Gasteiger partial charge in [0.05, 0.1) is 17.2 Å². The first-order valence-electron chi connectivity index (χ1n) is 8.72. The number of halogens is 1. The van der Waals surface area contributed by atoms with E-state index < -0.39 is 11.9 Å². The van der Waals surface area contributed by atoms with Gasteiger partial charge in [-0.15, -0.1) is 0 Å². The van der Waals surface area contributed by atoms with Crippen molar-refractivity contribution in [2.24, 2.45) is 0 Å². The number of ether oxygens (including phenoxy) is 2. The minimum absolute atomic E-state index is 0.102. The minimum atomic E-state index is -0.584. The van der Waals surface area contributed by atoms with Crippen LogP contribution in [0.3, 0.4) is 0 Å². The number of benzene rings is 2. The third kappa shape index (κ3) is 6.23. The van der Waals surface area contributed by atoms with E-state index in [2.05, 4.69) is 11.9 Å². The molecule has 0 fully saturated rings. The fourth-order valence-corrected chi connectivity index (χ4v) is 2.53. The van der Waals surface area contributed by atoms with Crippen LogP contribution < -0.4 is 10.1 Å². The number of rotatable bonds is 8. The van der Waals surface area contributed by atoms with Gasteiger partial charge in [-0.1, -0.05) is 30.3 Å². The molecule has 6 nitrogen and oxygen atoms in total. The topological polar surface area (TPSA) is 88.4 Å². The predicted molar refractivity (Wildman–Crippen MR) is 112 cm³/mol. The van der Waals surface area contributed by atoms with E-state index in [4.69, 9.17) is 21.1 Å². The summed E-state index contributed by atoms with van der Waals surface area (Å²) in [6.07, 6.45) is 3.02. The van der Waals surface area contributed by atoms with Crippen LogP contribution >= 0.6 is 11.6 Å². The van der Waals surface area contributed by atoms with E-state index in [1.807, 2.05) is 6.07 Å². The average molecular weight is 411 g/mol. The lowest BCUT2D eigenvalue weighted by molar-refractivity contribution is -0.112. The molecule has 0 heterocycles. The molecule has 0 aliphatic carbocycles. The molecule has 1 amide bonds. The Bertz CT molecular complexity index is 975. The number of hydrogen-bond acceptors (Lipinski definition) is 5. The number of nitrogens with zero attached hydrogens (tertiary/aromatic N) is 1. The highest BCUT2D eigenvalue weighted by atomic mass is 35.5. The summed E-state index contributed by atoms with van der Waals surface area (Å²) >= 11 is 6.15. The molecular formula is C22H19ClN2O4. The highest BCUT2D eigenvalue weighted by Gasteiger charge is 2.12. The molecule has 2 aromatic rings. The van der Waals surface area contributed by atoms with E-state index in [9.17, 15) is 14.9 Å². The van der Waals surface area contributed by atoms with Gasteiger partial charge in [-0.3, -0.25) is 4.79 Å². The molecule has 0 bridgehead atoms. The van der Waals surface area contributed by atoms with Gasteiger partial charge >= 0.3 is 5.97 Å². The third-order valence-corrected chi connectivity index (χ3v) is 3.94. The highest BCUT2D eigenvalue weighted by molar-refractivity contribution is 6.32. The summed E-state index contributed by atoms with van der Waals surface area (Å²) in [5, 5.41) is 12.3. The van der Waals surface area contributed by atoms with E-state index in [0.29, 0.717) is 34.2 Å². The van der Waals surface area contributed by atoms with Gasteiger partial charge in [-0.2, -0.15) is 5.26 Å². The Morgan fingerprint density at radius 3 is 2.55 bits per heavy atom. The van der Waals surface area contributed by atoms with E-state index in [-0.39, 0.29) is 12.2 Å². The van der Waals surface area contributed by atoms with Crippen molar-refractivity contribution in [3.63, 3.8) is 0 Å². The van der Waals surface area contributed by atoms with Gasteiger partial charge in [0.15, 0.2) is 0 Å². The molecule has 0 saturated heterocycles. The first-order chi connectivity index (χ1) is 14.0. The Labute approximate surface area is 174 Å². The van der Waals surface area contributed by atoms with E-state index >= 15 is 0 Å². The summed E-state index contributed by atoms with van der Waals surface area (Å²) in [4.78, 5) is 24.1. The summed E-state index contributed by atoms with van der Waals surface area (Å²) in [6.45, 7) is 5.88. The minimum Gasteiger partial charge on any atom is -0.488 e. The van der Waals surface area contributed by atoms with Crippen molar-refractivity contribution in [3.05, 3.63) is 76.8 Å². The molecule has 0 radical (unpaired) electrons. The second kappa shape index (κ2) is 10.7. The Hall–Kier alpha value is -3.56. The molecule has 1 N–H and O–H groups in total. The van der Waals surface area contributed by atoms with Gasteiger partial charge in [-0.05, 0) is 55.0 Å². The maximum absolute atomic E-state index is 12.4. The Morgan fingerprint density at radius 2 is 1.97 bits per heavy atom. The van der Waals surface area contributed by atoms with Crippen LogP contribution in [0.1, 0.15) is 22.8 Å². The van der Waals surface area contributed by atoms with Crippen molar-refractivity contribution >= 4 is 35.2 Å². The number of carbonyl (C=O) groups is 2. The monoisotopic (exact) mass is 410 g/mol. The Morgan fingerprint density at radius 1 is 1.24 bits per heavy atom. The summed E-state index contributed by atoms with van der Waals surface area (Å²) < 4.78 is 10.3. The standard InChI is InChI=1S/C22H19ClN2O4/c1-3-11-29-20-10-5-15(13-19(20)23)12-17(14-24)21(26)25-18-8-6-16(7-9-18)22(27)28-4-2/h3,5-10,12-13H,1,4,11H2,2H3,(H,25,26)/b17-12+. The first-order valence-corrected chi connectivity index (χ1v) is 9.09. The Balaban J connectivity index is 2.12. The number of carbonyl (C=O) groups excluding carboxylic acids is 2. The van der Waals surface area contributed by atoms with Crippen LogP contribution in [-0.2, 0) is 9.53 Å². The van der Waals surface area contributed by atoms with Gasteiger partial charge in [0.25, 0.3) is 5.91 Å². The number of esters is 1. The zero-order valence-corrected chi connectivity index (χ0v) is 16.5. The van der Waals surface area contributed by atoms with Crippen molar-refractivity contribution in [1.82, 2.24) is 0 Å². The molecule has 0 saturated carbocycles. The van der Waals surface area contributed by atoms with Crippen LogP contribution in [0.25, 0.3) is 6.08 Å². The lowest BCUT2D eigenvalue weighted by Gasteiger charge is -2.07. The molecule has 0 spiro atoms. The molecular weight excluding hydrogens is 392 g/mol. The van der Waals surface area contributed by atoms with Gasteiger partial charge in [0, 0.05) is 5.69 Å². The summed E-state index contributed by atoms with van der Waals surface area (Å²) in [5.41, 5.74) is 1.28. The van der Waals surface area contributed by atoms with Crippen molar-refractivity contribution in [3.8, 4) is 11.8 Å². The summed E-state index contributed by atoms with van der Waals surface area (Å²) in [5.74, 6) is -0.548. The van der Waals surface area contributed by atoms with Crippen molar-refractivity contribution in [2.45, 2.75) is 6.92 Å². The first kappa shape index (κ1) is 21.7. The van der Waals surface area contributed by atoms with Crippen LogP contribution in [0.2, 0.25) is 5.02 Å². The van der Waals surface area contributed by atoms with Crippen molar-refractivity contribution in [2.75, 3.05) is 18.5 Å². The smallest absolute Gasteiger partial charge is 0.338 e. The second-order valence-corrected chi connectivity index (χ2v) is 6.12. The average Bonchev–Trinajstić information content (AvgIpc) is 2.72. The number of amides is 1. The van der Waals surface area contributed by atoms with E-state index in [1.165, 1.54) is 18.2 Å². The molecule has 0 aliphatic rings. The summed E-state index contributed by atoms with van der Waals surface area (Å²) in [6, 6.07) is 13.0. The Kier molecular flexibility index (Phi) is 8.01. The molecule has 148 valence electrons. The van der Waals surface area contributed by atoms with Crippen LogP contribution in [0, 0.1) is 11.3 Å². The largest absolute Gasteiger partial charge is 0.488 e. The number of anilines is 1. The lowest BCUT2D eigenvalue weighted by atomic mass is 10.1. The summed E-state index contributed by atoms with van der Waals surface area (Å²) in [7, 11) is 0. The second-order valence-electron chi connectivity index (χ2n) is 5.71.